The molecular weight excluding hydrogens is 347 g/mol. The van der Waals surface area contributed by atoms with E-state index < -0.39 is 5.82 Å². The van der Waals surface area contributed by atoms with Gasteiger partial charge in [-0.3, -0.25) is 0 Å². The molecule has 0 spiro atoms. The molecule has 1 aliphatic heterocycles. The first-order valence-corrected chi connectivity index (χ1v) is 8.56. The summed E-state index contributed by atoms with van der Waals surface area (Å²) in [6.45, 7) is 2.36. The van der Waals surface area contributed by atoms with E-state index in [1.807, 2.05) is 0 Å². The van der Waals surface area contributed by atoms with E-state index in [1.165, 1.54) is 31.0 Å². The summed E-state index contributed by atoms with van der Waals surface area (Å²) in [5.41, 5.74) is 7.35. The van der Waals surface area contributed by atoms with Gasteiger partial charge in [0.25, 0.3) is 0 Å². The average Bonchev–Trinajstić information content (AvgIpc) is 3.08. The molecule has 1 aromatic heterocycles. The van der Waals surface area contributed by atoms with Crippen molar-refractivity contribution in [3.63, 3.8) is 0 Å². The van der Waals surface area contributed by atoms with Crippen LogP contribution in [-0.2, 0) is 6.54 Å². The van der Waals surface area contributed by atoms with Crippen molar-refractivity contribution in [3.8, 4) is 0 Å². The molecule has 0 amide bonds. The van der Waals surface area contributed by atoms with Crippen molar-refractivity contribution < 1.29 is 9.02 Å². The molecule has 0 bridgehead atoms. The SMILES string of the molecule is NC(=Nc1ccc(F)c(Cl)c1)c1nonc1CNCC1CCCCN1. The fourth-order valence-corrected chi connectivity index (χ4v) is 2.90. The Labute approximate surface area is 149 Å². The number of amidine groups is 1. The Morgan fingerprint density at radius 1 is 1.44 bits per heavy atom. The van der Waals surface area contributed by atoms with Gasteiger partial charge in [-0.2, -0.15) is 0 Å². The van der Waals surface area contributed by atoms with Gasteiger partial charge in [-0.1, -0.05) is 23.2 Å². The van der Waals surface area contributed by atoms with Crippen molar-refractivity contribution in [2.24, 2.45) is 10.7 Å². The molecule has 1 fully saturated rings. The zero-order valence-electron chi connectivity index (χ0n) is 13.6. The normalized spacial score (nSPS) is 18.5. The molecule has 9 heteroatoms. The van der Waals surface area contributed by atoms with Gasteiger partial charge in [-0.15, -0.1) is 0 Å². The highest BCUT2D eigenvalue weighted by molar-refractivity contribution is 6.31. The molecule has 3 rings (SSSR count). The number of nitrogens with one attached hydrogen (secondary N) is 2. The summed E-state index contributed by atoms with van der Waals surface area (Å²) in [4.78, 5) is 4.20. The molecule has 25 heavy (non-hydrogen) atoms. The summed E-state index contributed by atoms with van der Waals surface area (Å²) in [5.74, 6) is -0.375. The lowest BCUT2D eigenvalue weighted by molar-refractivity contribution is 0.301. The van der Waals surface area contributed by atoms with Crippen LogP contribution in [0.5, 0.6) is 0 Å². The third-order valence-electron chi connectivity index (χ3n) is 4.05. The van der Waals surface area contributed by atoms with Crippen LogP contribution in [0.15, 0.2) is 27.8 Å². The number of rotatable bonds is 6. The number of aliphatic imine (C=N–C) groups is 1. The van der Waals surface area contributed by atoms with Crippen molar-refractivity contribution in [2.45, 2.75) is 31.8 Å². The van der Waals surface area contributed by atoms with Crippen molar-refractivity contribution in [2.75, 3.05) is 13.1 Å². The molecule has 1 aromatic carbocycles. The first kappa shape index (κ1) is 17.8. The van der Waals surface area contributed by atoms with E-state index >= 15 is 0 Å². The highest BCUT2D eigenvalue weighted by Crippen LogP contribution is 2.22. The van der Waals surface area contributed by atoms with Crippen LogP contribution in [0.2, 0.25) is 5.02 Å². The van der Waals surface area contributed by atoms with E-state index in [4.69, 9.17) is 22.0 Å². The highest BCUT2D eigenvalue weighted by Gasteiger charge is 2.16. The van der Waals surface area contributed by atoms with Gasteiger partial charge in [0.05, 0.1) is 10.7 Å². The fraction of sp³-hybridized carbons (Fsp3) is 0.438. The molecule has 1 aliphatic rings. The van der Waals surface area contributed by atoms with E-state index in [-0.39, 0.29) is 10.9 Å². The molecule has 1 saturated heterocycles. The summed E-state index contributed by atoms with van der Waals surface area (Å²) < 4.78 is 18.0. The maximum absolute atomic E-state index is 13.2. The largest absolute Gasteiger partial charge is 0.382 e. The number of halogens is 2. The van der Waals surface area contributed by atoms with E-state index in [0.717, 1.165) is 19.5 Å². The summed E-state index contributed by atoms with van der Waals surface area (Å²) in [7, 11) is 0. The predicted molar refractivity (Wildman–Crippen MR) is 93.4 cm³/mol. The molecule has 134 valence electrons. The van der Waals surface area contributed by atoms with Crippen LogP contribution in [-0.4, -0.2) is 35.3 Å². The first-order chi connectivity index (χ1) is 12.1. The zero-order valence-corrected chi connectivity index (χ0v) is 14.4. The van der Waals surface area contributed by atoms with Crippen molar-refractivity contribution in [1.82, 2.24) is 20.9 Å². The van der Waals surface area contributed by atoms with Gasteiger partial charge >= 0.3 is 0 Å². The van der Waals surface area contributed by atoms with Gasteiger partial charge < -0.3 is 16.4 Å². The number of piperidine rings is 1. The standard InChI is InChI=1S/C16H20ClFN6O/c17-12-7-10(4-5-13(12)18)22-16(19)15-14(23-25-24-15)9-20-8-11-3-1-2-6-21-11/h4-5,7,11,20-21H,1-3,6,8-9H2,(H2,19,22). The lowest BCUT2D eigenvalue weighted by Crippen LogP contribution is -2.41. The number of nitrogens with two attached hydrogens (primary N) is 1. The Balaban J connectivity index is 1.63. The summed E-state index contributed by atoms with van der Waals surface area (Å²) in [6, 6.07) is 4.57. The second-order valence-corrected chi connectivity index (χ2v) is 6.34. The quantitative estimate of drug-likeness (QED) is 0.534. The number of hydrogen-bond acceptors (Lipinski definition) is 6. The smallest absolute Gasteiger partial charge is 0.174 e. The molecule has 0 saturated carbocycles. The van der Waals surface area contributed by atoms with Crippen LogP contribution in [0.4, 0.5) is 10.1 Å². The second-order valence-electron chi connectivity index (χ2n) is 5.93. The topological polar surface area (TPSA) is 101 Å². The van der Waals surface area contributed by atoms with Crippen LogP contribution in [0.3, 0.4) is 0 Å². The number of aromatic nitrogens is 2. The van der Waals surface area contributed by atoms with Crippen molar-refractivity contribution in [3.05, 3.63) is 40.4 Å². The van der Waals surface area contributed by atoms with Crippen LogP contribution in [0.1, 0.15) is 30.7 Å². The third-order valence-corrected chi connectivity index (χ3v) is 4.34. The Kier molecular flexibility index (Phi) is 5.95. The van der Waals surface area contributed by atoms with Gasteiger partial charge in [0.15, 0.2) is 11.5 Å². The van der Waals surface area contributed by atoms with Gasteiger partial charge in [0, 0.05) is 19.1 Å². The van der Waals surface area contributed by atoms with Crippen molar-refractivity contribution >= 4 is 23.1 Å². The predicted octanol–water partition coefficient (Wildman–Crippen LogP) is 2.13. The monoisotopic (exact) mass is 366 g/mol. The molecule has 7 nitrogen and oxygen atoms in total. The molecular formula is C16H20ClFN6O. The number of hydrogen-bond donors (Lipinski definition) is 3. The summed E-state index contributed by atoms with van der Waals surface area (Å²) >= 11 is 5.75. The summed E-state index contributed by atoms with van der Waals surface area (Å²) in [6.07, 6.45) is 3.63. The minimum atomic E-state index is -0.511. The van der Waals surface area contributed by atoms with Gasteiger partial charge in [-0.05, 0) is 42.7 Å². The van der Waals surface area contributed by atoms with Crippen LogP contribution in [0.25, 0.3) is 0 Å². The zero-order chi connectivity index (χ0) is 17.6. The van der Waals surface area contributed by atoms with Crippen LogP contribution < -0.4 is 16.4 Å². The molecule has 1 atom stereocenters. The molecule has 0 radical (unpaired) electrons. The molecule has 0 aliphatic carbocycles. The van der Waals surface area contributed by atoms with Gasteiger partial charge in [0.1, 0.15) is 11.5 Å². The van der Waals surface area contributed by atoms with E-state index in [2.05, 4.69) is 25.9 Å². The Morgan fingerprint density at radius 3 is 3.08 bits per heavy atom. The van der Waals surface area contributed by atoms with Crippen molar-refractivity contribution in [1.29, 1.82) is 0 Å². The lowest BCUT2D eigenvalue weighted by Gasteiger charge is -2.23. The maximum Gasteiger partial charge on any atom is 0.174 e. The summed E-state index contributed by atoms with van der Waals surface area (Å²) in [5, 5.41) is 14.5. The van der Waals surface area contributed by atoms with Crippen LogP contribution in [0, 0.1) is 5.82 Å². The van der Waals surface area contributed by atoms with E-state index in [0.29, 0.717) is 29.7 Å². The van der Waals surface area contributed by atoms with Gasteiger partial charge in [-0.25, -0.2) is 14.0 Å². The highest BCUT2D eigenvalue weighted by atomic mass is 35.5. The number of nitrogens with zero attached hydrogens (tertiary/aromatic N) is 3. The Morgan fingerprint density at radius 2 is 2.32 bits per heavy atom. The minimum Gasteiger partial charge on any atom is -0.382 e. The number of benzene rings is 1. The van der Waals surface area contributed by atoms with Gasteiger partial charge in [0.2, 0.25) is 0 Å². The second kappa shape index (κ2) is 8.37. The average molecular weight is 367 g/mol. The lowest BCUT2D eigenvalue weighted by atomic mass is 10.1. The Bertz CT molecular complexity index is 744. The van der Waals surface area contributed by atoms with Crippen LogP contribution >= 0.6 is 11.6 Å². The maximum atomic E-state index is 13.2. The molecule has 2 heterocycles. The third kappa shape index (κ3) is 4.75. The molecule has 4 N–H and O–H groups in total. The first-order valence-electron chi connectivity index (χ1n) is 8.18. The fourth-order valence-electron chi connectivity index (χ4n) is 2.73. The molecule has 1 unspecified atom stereocenters. The van der Waals surface area contributed by atoms with E-state index in [1.54, 1.807) is 0 Å². The molecule has 2 aromatic rings. The van der Waals surface area contributed by atoms with E-state index in [9.17, 15) is 4.39 Å². The Hall–Kier alpha value is -2.03. The minimum absolute atomic E-state index is 0.0193.